The first kappa shape index (κ1) is 22.9. The molecule has 31 heavy (non-hydrogen) atoms. The summed E-state index contributed by atoms with van der Waals surface area (Å²) >= 11 is 1.61. The van der Waals surface area contributed by atoms with Crippen molar-refractivity contribution in [2.45, 2.75) is 32.9 Å². The van der Waals surface area contributed by atoms with E-state index in [4.69, 9.17) is 19.4 Å². The molecule has 0 unspecified atom stereocenters. The van der Waals surface area contributed by atoms with Crippen LogP contribution in [0.25, 0.3) is 21.3 Å². The first-order valence-corrected chi connectivity index (χ1v) is 10.4. The molecule has 1 saturated heterocycles. The fourth-order valence-corrected chi connectivity index (χ4v) is 3.77. The molecule has 1 aliphatic heterocycles. The van der Waals surface area contributed by atoms with Crippen LogP contribution in [-0.2, 0) is 17.6 Å². The van der Waals surface area contributed by atoms with Crippen LogP contribution in [0, 0.1) is 12.8 Å². The van der Waals surface area contributed by atoms with E-state index in [1.165, 1.54) is 5.56 Å². The van der Waals surface area contributed by atoms with E-state index in [0.717, 1.165) is 52.9 Å². The molecule has 1 aliphatic rings. The summed E-state index contributed by atoms with van der Waals surface area (Å²) in [5.41, 5.74) is 3.40. The molecule has 0 atom stereocenters. The second kappa shape index (κ2) is 9.56. The maximum absolute atomic E-state index is 10.6. The van der Waals surface area contributed by atoms with Crippen molar-refractivity contribution in [3.05, 3.63) is 41.3 Å². The number of nitrogens with one attached hydrogen (secondary N) is 1. The van der Waals surface area contributed by atoms with Gasteiger partial charge in [0.2, 0.25) is 0 Å². The average Bonchev–Trinajstić information content (AvgIpc) is 3.31. The zero-order valence-corrected chi connectivity index (χ0v) is 17.7. The van der Waals surface area contributed by atoms with Crippen molar-refractivity contribution >= 4 is 17.3 Å². The molecule has 7 nitrogen and oxygen atoms in total. The van der Waals surface area contributed by atoms with Crippen LogP contribution in [0.2, 0.25) is 0 Å². The van der Waals surface area contributed by atoms with E-state index in [1.807, 2.05) is 6.92 Å². The lowest BCUT2D eigenvalue weighted by Gasteiger charge is -2.25. The number of hydrogen-bond acceptors (Lipinski definition) is 7. The molecule has 1 aromatic carbocycles. The second-order valence-electron chi connectivity index (χ2n) is 7.03. The van der Waals surface area contributed by atoms with Crippen molar-refractivity contribution < 1.29 is 27.6 Å². The number of benzene rings is 1. The van der Waals surface area contributed by atoms with Crippen molar-refractivity contribution in [1.82, 2.24) is 20.4 Å². The van der Waals surface area contributed by atoms with Gasteiger partial charge in [0.15, 0.2) is 5.82 Å². The Morgan fingerprint density at radius 3 is 2.42 bits per heavy atom. The van der Waals surface area contributed by atoms with Crippen LogP contribution in [0.4, 0.5) is 13.2 Å². The first-order valence-electron chi connectivity index (χ1n) is 9.58. The monoisotopic (exact) mass is 454 g/mol. The van der Waals surface area contributed by atoms with Crippen LogP contribution in [-0.4, -0.2) is 45.5 Å². The number of halogens is 3. The maximum atomic E-state index is 10.6. The number of nitrogens with zero attached hydrogens (tertiary/aromatic N) is 3. The SMILES string of the molecule is CCc1ccc(-c2nc(C)c(-c3nc(CC4CNC4)no3)s2)cc1.O=C(O)C(F)(F)F. The fraction of sp³-hybridized carbons (Fsp3) is 0.400. The highest BCUT2D eigenvalue weighted by molar-refractivity contribution is 7.18. The highest BCUT2D eigenvalue weighted by atomic mass is 32.1. The molecule has 166 valence electrons. The summed E-state index contributed by atoms with van der Waals surface area (Å²) in [6, 6.07) is 8.57. The Morgan fingerprint density at radius 1 is 1.26 bits per heavy atom. The Labute approximate surface area is 180 Å². The maximum Gasteiger partial charge on any atom is 0.490 e. The molecule has 0 radical (unpaired) electrons. The molecule has 2 N–H and O–H groups in total. The van der Waals surface area contributed by atoms with Crippen LogP contribution in [0.1, 0.15) is 24.0 Å². The standard InChI is InChI=1S/C18H20N4OS.C2HF3O2/c1-3-12-4-6-14(7-5-12)18-20-11(2)16(24-18)17-21-15(22-23-17)8-13-9-19-10-13;3-2(4,5)1(6)7/h4-7,13,19H,3,8-10H2,1-2H3;(H,6,7). The number of carbonyl (C=O) groups is 1. The molecule has 0 bridgehead atoms. The molecule has 0 spiro atoms. The first-order chi connectivity index (χ1) is 14.7. The summed E-state index contributed by atoms with van der Waals surface area (Å²) < 4.78 is 37.2. The molecule has 11 heteroatoms. The number of hydrogen-bond donors (Lipinski definition) is 2. The van der Waals surface area contributed by atoms with Crippen LogP contribution >= 0.6 is 11.3 Å². The largest absolute Gasteiger partial charge is 0.490 e. The smallest absolute Gasteiger partial charge is 0.475 e. The molecule has 3 aromatic rings. The average molecular weight is 454 g/mol. The zero-order valence-electron chi connectivity index (χ0n) is 16.9. The van der Waals surface area contributed by atoms with Crippen molar-refractivity contribution in [2.75, 3.05) is 13.1 Å². The summed E-state index contributed by atoms with van der Waals surface area (Å²) in [6.07, 6.45) is -3.16. The second-order valence-corrected chi connectivity index (χ2v) is 8.03. The topological polar surface area (TPSA) is 101 Å². The van der Waals surface area contributed by atoms with Crippen molar-refractivity contribution in [1.29, 1.82) is 0 Å². The van der Waals surface area contributed by atoms with Gasteiger partial charge in [0.05, 0.1) is 5.69 Å². The highest BCUT2D eigenvalue weighted by Crippen LogP contribution is 2.34. The lowest BCUT2D eigenvalue weighted by atomic mass is 9.99. The Kier molecular flexibility index (Phi) is 7.06. The number of aromatic nitrogens is 3. The van der Waals surface area contributed by atoms with E-state index in [0.29, 0.717) is 11.8 Å². The van der Waals surface area contributed by atoms with Crippen molar-refractivity contribution in [3.63, 3.8) is 0 Å². The summed E-state index contributed by atoms with van der Waals surface area (Å²) in [7, 11) is 0. The van der Waals surface area contributed by atoms with E-state index in [1.54, 1.807) is 11.3 Å². The van der Waals surface area contributed by atoms with Gasteiger partial charge >= 0.3 is 12.1 Å². The quantitative estimate of drug-likeness (QED) is 0.598. The van der Waals surface area contributed by atoms with Gasteiger partial charge in [-0.2, -0.15) is 18.2 Å². The van der Waals surface area contributed by atoms with Gasteiger partial charge in [-0.3, -0.25) is 0 Å². The minimum absolute atomic E-state index is 0.587. The van der Waals surface area contributed by atoms with Gasteiger partial charge in [0.25, 0.3) is 5.89 Å². The van der Waals surface area contributed by atoms with Crippen LogP contribution in [0.15, 0.2) is 28.8 Å². The molecule has 0 amide bonds. The van der Waals surface area contributed by atoms with Crippen molar-refractivity contribution in [2.24, 2.45) is 5.92 Å². The lowest BCUT2D eigenvalue weighted by Crippen LogP contribution is -2.43. The van der Waals surface area contributed by atoms with Gasteiger partial charge in [0, 0.05) is 12.0 Å². The zero-order chi connectivity index (χ0) is 22.6. The molecular weight excluding hydrogens is 433 g/mol. The van der Waals surface area contributed by atoms with Gasteiger partial charge in [-0.1, -0.05) is 36.3 Å². The highest BCUT2D eigenvalue weighted by Gasteiger charge is 2.38. The van der Waals surface area contributed by atoms with Gasteiger partial charge in [0.1, 0.15) is 9.88 Å². The number of carboxylic acid groups (broad SMARTS) is 1. The number of rotatable bonds is 5. The van der Waals surface area contributed by atoms with E-state index in [-0.39, 0.29) is 0 Å². The summed E-state index contributed by atoms with van der Waals surface area (Å²) in [6.45, 7) is 6.24. The number of carboxylic acids is 1. The van der Waals surface area contributed by atoms with Gasteiger partial charge < -0.3 is 14.9 Å². The molecule has 0 saturated carbocycles. The minimum Gasteiger partial charge on any atom is -0.475 e. The minimum atomic E-state index is -5.08. The van der Waals surface area contributed by atoms with Crippen LogP contribution in [0.3, 0.4) is 0 Å². The van der Waals surface area contributed by atoms with E-state index >= 15 is 0 Å². The molecular formula is C20H21F3N4O3S. The number of alkyl halides is 3. The van der Waals surface area contributed by atoms with Gasteiger partial charge in [-0.05, 0) is 37.9 Å². The number of thiazole rings is 1. The third-order valence-electron chi connectivity index (χ3n) is 4.65. The van der Waals surface area contributed by atoms with Gasteiger partial charge in [-0.25, -0.2) is 9.78 Å². The van der Waals surface area contributed by atoms with E-state index in [2.05, 4.69) is 46.6 Å². The third-order valence-corrected chi connectivity index (χ3v) is 5.84. The Hall–Kier alpha value is -2.79. The predicted molar refractivity (Wildman–Crippen MR) is 109 cm³/mol. The number of aliphatic carboxylic acids is 1. The molecule has 1 fully saturated rings. The Balaban J connectivity index is 0.000000339. The summed E-state index contributed by atoms with van der Waals surface area (Å²) in [5.74, 6) is -0.750. The van der Waals surface area contributed by atoms with Crippen LogP contribution in [0.5, 0.6) is 0 Å². The van der Waals surface area contributed by atoms with Gasteiger partial charge in [-0.15, -0.1) is 11.3 Å². The lowest BCUT2D eigenvalue weighted by molar-refractivity contribution is -0.192. The van der Waals surface area contributed by atoms with E-state index in [9.17, 15) is 13.2 Å². The third kappa shape index (κ3) is 5.88. The Bertz CT molecular complexity index is 1030. The molecule has 0 aliphatic carbocycles. The number of aryl methyl sites for hydroxylation is 2. The predicted octanol–water partition coefficient (Wildman–Crippen LogP) is 4.13. The Morgan fingerprint density at radius 2 is 1.90 bits per heavy atom. The summed E-state index contributed by atoms with van der Waals surface area (Å²) in [4.78, 5) is 19.1. The molecule has 3 heterocycles. The molecule has 2 aromatic heterocycles. The fourth-order valence-electron chi connectivity index (χ4n) is 2.78. The van der Waals surface area contributed by atoms with Crippen LogP contribution < -0.4 is 5.32 Å². The normalized spacial score (nSPS) is 14.0. The summed E-state index contributed by atoms with van der Waals surface area (Å²) in [5, 5.41) is 15.5. The molecule has 4 rings (SSSR count). The van der Waals surface area contributed by atoms with E-state index < -0.39 is 12.1 Å². The van der Waals surface area contributed by atoms with Crippen molar-refractivity contribution in [3.8, 4) is 21.3 Å².